The molecule has 14 rings (SSSR count). The van der Waals surface area contributed by atoms with Crippen molar-refractivity contribution in [2.45, 2.75) is 135 Å². The van der Waals surface area contributed by atoms with Gasteiger partial charge in [-0.15, -0.1) is 0 Å². The molecule has 12 aliphatic rings. The maximum atomic E-state index is 12.4. The Morgan fingerprint density at radius 2 is 1.17 bits per heavy atom. The molecule has 4 saturated heterocycles. The van der Waals surface area contributed by atoms with Crippen LogP contribution < -0.4 is 15.2 Å². The second-order valence-corrected chi connectivity index (χ2v) is 20.0. The lowest BCUT2D eigenvalue weighted by molar-refractivity contribution is -0.296. The first-order chi connectivity index (χ1) is 28.6. The van der Waals surface area contributed by atoms with Crippen molar-refractivity contribution in [1.29, 1.82) is 0 Å². The number of hydrogen-bond donors (Lipinski definition) is 3. The van der Waals surface area contributed by atoms with Crippen LogP contribution in [0.5, 0.6) is 11.5 Å². The van der Waals surface area contributed by atoms with Crippen LogP contribution in [0.1, 0.15) is 96.8 Å². The number of hydrogen-bond acceptors (Lipinski definition) is 11. The third-order valence-electron chi connectivity index (χ3n) is 17.5. The molecule has 312 valence electrons. The number of piperidine rings is 2. The van der Waals surface area contributed by atoms with Crippen molar-refractivity contribution in [1.82, 2.24) is 9.80 Å². The fourth-order valence-corrected chi connectivity index (χ4v) is 14.7. The second-order valence-electron chi connectivity index (χ2n) is 20.0. The van der Waals surface area contributed by atoms with Gasteiger partial charge in [-0.2, -0.15) is 0 Å². The number of benzene rings is 2. The number of carbonyl (C=O) groups excluding carboxylic acids is 1. The van der Waals surface area contributed by atoms with Crippen LogP contribution >= 0.6 is 0 Å². The van der Waals surface area contributed by atoms with Crippen molar-refractivity contribution in [3.63, 3.8) is 0 Å². The van der Waals surface area contributed by atoms with E-state index in [-0.39, 0.29) is 12.1 Å². The molecule has 4 spiro atoms. The number of ether oxygens (including phenoxy) is 6. The molecule has 4 saturated carbocycles. The SMILES string of the molecule is NC(=O)c1ccc2c3c1OC1C4(CCC5(O)[C@@H](C2)N(CC2CC2)CC[C@]315)OCCO4.[C-]#[N+]c1ccc2c3c1OC1C4(CCC5(O)[C@@H](C2)N(CC2CC2)CC[C@]315)OCCO4. The highest BCUT2D eigenvalue weighted by Crippen LogP contribution is 2.69. The largest absolute Gasteiger partial charge is 0.494 e. The molecule has 6 heterocycles. The van der Waals surface area contributed by atoms with E-state index in [0.29, 0.717) is 74.9 Å². The van der Waals surface area contributed by atoms with Gasteiger partial charge in [0.05, 0.1) is 60.6 Å². The molecule has 1 amide bonds. The zero-order valence-corrected chi connectivity index (χ0v) is 33.6. The summed E-state index contributed by atoms with van der Waals surface area (Å²) >= 11 is 0. The fraction of sp³-hybridized carbons (Fsp3) is 0.696. The minimum Gasteiger partial charge on any atom is -0.494 e. The van der Waals surface area contributed by atoms with E-state index in [0.717, 1.165) is 74.8 Å². The predicted octanol–water partition coefficient (Wildman–Crippen LogP) is 3.64. The van der Waals surface area contributed by atoms with E-state index >= 15 is 0 Å². The van der Waals surface area contributed by atoms with Gasteiger partial charge in [0.1, 0.15) is 11.5 Å². The number of nitrogens with zero attached hydrogens (tertiary/aromatic N) is 3. The van der Waals surface area contributed by atoms with Crippen LogP contribution in [-0.4, -0.2) is 126 Å². The summed E-state index contributed by atoms with van der Waals surface area (Å²) in [7, 11) is 0. The molecule has 8 fully saturated rings. The number of nitrogens with two attached hydrogens (primary N) is 1. The molecule has 13 heteroatoms. The summed E-state index contributed by atoms with van der Waals surface area (Å²) in [6, 6.07) is 7.96. The Labute approximate surface area is 344 Å². The van der Waals surface area contributed by atoms with Gasteiger partial charge in [-0.3, -0.25) is 14.6 Å². The van der Waals surface area contributed by atoms with Gasteiger partial charge < -0.3 is 44.4 Å². The zero-order valence-electron chi connectivity index (χ0n) is 33.6. The van der Waals surface area contributed by atoms with Gasteiger partial charge in [-0.25, -0.2) is 4.85 Å². The number of amides is 1. The van der Waals surface area contributed by atoms with Crippen LogP contribution in [0.3, 0.4) is 0 Å². The number of fused-ring (bicyclic) bond motifs is 2. The first kappa shape index (κ1) is 36.3. The number of rotatable bonds is 5. The molecule has 4 unspecified atom stereocenters. The van der Waals surface area contributed by atoms with Crippen molar-refractivity contribution >= 4 is 11.6 Å². The summed E-state index contributed by atoms with van der Waals surface area (Å²) in [6.07, 6.45) is 10.1. The summed E-state index contributed by atoms with van der Waals surface area (Å²) < 4.78 is 37.9. The fourth-order valence-electron chi connectivity index (χ4n) is 14.7. The van der Waals surface area contributed by atoms with Crippen LogP contribution in [0.15, 0.2) is 24.3 Å². The van der Waals surface area contributed by atoms with E-state index in [1.807, 2.05) is 12.1 Å². The standard InChI is InChI=1S/C23H28N2O5.C23H26N2O4/c24-19(26)15-4-3-14-11-16-22(27)5-6-23(28-9-10-29-23)20-21(22,17(14)18(15)30-20)7-8-25(16)12-13-1-2-13;1-24-16-5-4-15-12-17-22(26)6-7-23(27-10-11-28-23)20-21(22,18(15)19(16)29-20)8-9-25(17)13-14-2-3-14/h3-4,13,16,20,27H,1-2,5-12H2,(H2,24,26);4-5,14,17,20,26H,2-3,6-13H2/t16-,20?,21+,22?;17-,20?,21+,22?/m11/s1. The van der Waals surface area contributed by atoms with Crippen molar-refractivity contribution < 1.29 is 43.4 Å². The first-order valence-corrected chi connectivity index (χ1v) is 22.4. The summed E-state index contributed by atoms with van der Waals surface area (Å²) in [5.74, 6) is 0.626. The van der Waals surface area contributed by atoms with Crippen LogP contribution in [0, 0.1) is 18.4 Å². The molecule has 0 aromatic heterocycles. The zero-order chi connectivity index (χ0) is 39.7. The van der Waals surface area contributed by atoms with Gasteiger partial charge in [-0.1, -0.05) is 18.2 Å². The average Bonchev–Trinajstić information content (AvgIpc) is 4.01. The molecular formula is C46H54N4O9. The number of likely N-dealkylation sites (tertiary alicyclic amines) is 2. The normalized spacial score (nSPS) is 40.7. The van der Waals surface area contributed by atoms with Gasteiger partial charge in [-0.05, 0) is 112 Å². The molecule has 8 atom stereocenters. The minimum absolute atomic E-state index is 0.0505. The number of primary amides is 1. The highest BCUT2D eigenvalue weighted by Gasteiger charge is 2.79. The van der Waals surface area contributed by atoms with Crippen molar-refractivity contribution in [3.05, 3.63) is 63.5 Å². The van der Waals surface area contributed by atoms with Crippen LogP contribution in [0.25, 0.3) is 4.85 Å². The lowest BCUT2D eigenvalue weighted by Gasteiger charge is -2.65. The Balaban J connectivity index is 0.000000122. The Kier molecular flexibility index (Phi) is 7.38. The van der Waals surface area contributed by atoms with E-state index in [1.54, 1.807) is 6.07 Å². The monoisotopic (exact) mass is 806 g/mol. The molecular weight excluding hydrogens is 753 g/mol. The van der Waals surface area contributed by atoms with Gasteiger partial charge in [0.25, 0.3) is 5.91 Å². The van der Waals surface area contributed by atoms with Crippen molar-refractivity contribution in [3.8, 4) is 11.5 Å². The molecule has 4 N–H and O–H groups in total. The van der Waals surface area contributed by atoms with Crippen LogP contribution in [0.4, 0.5) is 5.69 Å². The third kappa shape index (κ3) is 4.45. The molecule has 2 aromatic rings. The second kappa shape index (κ2) is 12.0. The quantitative estimate of drug-likeness (QED) is 0.381. The molecule has 6 aliphatic heterocycles. The Bertz CT molecular complexity index is 2210. The lowest BCUT2D eigenvalue weighted by atomic mass is 9.48. The van der Waals surface area contributed by atoms with E-state index in [4.69, 9.17) is 40.7 Å². The van der Waals surface area contributed by atoms with E-state index in [9.17, 15) is 15.0 Å². The Hall–Kier alpha value is -3.32. The first-order valence-electron chi connectivity index (χ1n) is 22.4. The molecule has 4 bridgehead atoms. The summed E-state index contributed by atoms with van der Waals surface area (Å²) in [5, 5.41) is 24.9. The third-order valence-corrected chi connectivity index (χ3v) is 17.5. The predicted molar refractivity (Wildman–Crippen MR) is 210 cm³/mol. The highest BCUT2D eigenvalue weighted by molar-refractivity contribution is 5.97. The average molecular weight is 807 g/mol. The maximum absolute atomic E-state index is 12.4. The van der Waals surface area contributed by atoms with E-state index in [2.05, 4.69) is 20.7 Å². The molecule has 6 aliphatic carbocycles. The number of carbonyl (C=O) groups is 1. The smallest absolute Gasteiger partial charge is 0.252 e. The Morgan fingerprint density at radius 3 is 1.64 bits per heavy atom. The summed E-state index contributed by atoms with van der Waals surface area (Å²) in [4.78, 5) is 21.1. The Morgan fingerprint density at radius 1 is 0.695 bits per heavy atom. The highest BCUT2D eigenvalue weighted by atomic mass is 16.8. The van der Waals surface area contributed by atoms with Gasteiger partial charge >= 0.3 is 0 Å². The molecule has 2 aromatic carbocycles. The van der Waals surface area contributed by atoms with Crippen LogP contribution in [-0.2, 0) is 42.6 Å². The van der Waals surface area contributed by atoms with Gasteiger partial charge in [0.15, 0.2) is 12.2 Å². The lowest BCUT2D eigenvalue weighted by Crippen LogP contribution is -2.79. The van der Waals surface area contributed by atoms with Crippen molar-refractivity contribution in [2.24, 2.45) is 17.6 Å². The molecule has 0 radical (unpaired) electrons. The van der Waals surface area contributed by atoms with E-state index < -0.39 is 51.7 Å². The van der Waals surface area contributed by atoms with E-state index in [1.165, 1.54) is 36.8 Å². The minimum atomic E-state index is -0.931. The maximum Gasteiger partial charge on any atom is 0.252 e. The summed E-state index contributed by atoms with van der Waals surface area (Å²) in [5.41, 5.74) is 8.15. The van der Waals surface area contributed by atoms with Gasteiger partial charge in [0, 0.05) is 43.6 Å². The molecule has 13 nitrogen and oxygen atoms in total. The topological polar surface area (TPSA) is 150 Å². The summed E-state index contributed by atoms with van der Waals surface area (Å²) in [6.45, 7) is 13.9. The van der Waals surface area contributed by atoms with Crippen molar-refractivity contribution in [2.75, 3.05) is 52.6 Å². The van der Waals surface area contributed by atoms with Gasteiger partial charge in [0.2, 0.25) is 17.3 Å². The van der Waals surface area contributed by atoms with Crippen LogP contribution in [0.2, 0.25) is 0 Å². The molecule has 59 heavy (non-hydrogen) atoms. The number of aliphatic hydroxyl groups is 2.